The Morgan fingerprint density at radius 1 is 1.35 bits per heavy atom. The van der Waals surface area contributed by atoms with Crippen LogP contribution in [0.5, 0.6) is 0 Å². The second kappa shape index (κ2) is 6.21. The summed E-state index contributed by atoms with van der Waals surface area (Å²) < 4.78 is 10.8. The molecular formula is C12H22N2O3. The van der Waals surface area contributed by atoms with E-state index in [0.717, 1.165) is 32.5 Å². The molecule has 3 unspecified atom stereocenters. The van der Waals surface area contributed by atoms with Crippen LogP contribution in [0.25, 0.3) is 0 Å². The first kappa shape index (κ1) is 12.6. The molecule has 0 aromatic carbocycles. The molecule has 0 bridgehead atoms. The third kappa shape index (κ3) is 3.57. The molecule has 0 spiro atoms. The molecule has 2 heterocycles. The van der Waals surface area contributed by atoms with E-state index in [9.17, 15) is 4.79 Å². The molecule has 2 fully saturated rings. The lowest BCUT2D eigenvalue weighted by Gasteiger charge is -2.18. The van der Waals surface area contributed by atoms with E-state index in [1.807, 2.05) is 0 Å². The average molecular weight is 242 g/mol. The second-order valence-electron chi connectivity index (χ2n) is 4.78. The number of amides is 2. The Labute approximate surface area is 102 Å². The van der Waals surface area contributed by atoms with Gasteiger partial charge in [-0.15, -0.1) is 0 Å². The predicted octanol–water partition coefficient (Wildman–Crippen LogP) is 0.890. The zero-order chi connectivity index (χ0) is 12.1. The molecule has 3 atom stereocenters. The van der Waals surface area contributed by atoms with Crippen LogP contribution in [0.15, 0.2) is 0 Å². The average Bonchev–Trinajstić information content (AvgIpc) is 2.96. The topological polar surface area (TPSA) is 59.6 Å². The fourth-order valence-corrected chi connectivity index (χ4v) is 2.49. The van der Waals surface area contributed by atoms with Crippen LogP contribution >= 0.6 is 0 Å². The van der Waals surface area contributed by atoms with Crippen molar-refractivity contribution in [3.8, 4) is 0 Å². The Morgan fingerprint density at radius 3 is 2.94 bits per heavy atom. The minimum atomic E-state index is -0.0812. The summed E-state index contributed by atoms with van der Waals surface area (Å²) in [6.45, 7) is 5.04. The van der Waals surface area contributed by atoms with E-state index in [4.69, 9.17) is 9.47 Å². The Hall–Kier alpha value is -0.810. The second-order valence-corrected chi connectivity index (χ2v) is 4.78. The van der Waals surface area contributed by atoms with Gasteiger partial charge in [-0.25, -0.2) is 4.79 Å². The van der Waals surface area contributed by atoms with Gasteiger partial charge in [-0.1, -0.05) is 6.92 Å². The molecule has 2 aliphatic heterocycles. The molecule has 2 aliphatic rings. The van der Waals surface area contributed by atoms with Crippen LogP contribution in [0.1, 0.15) is 26.2 Å². The Bertz CT molecular complexity index is 254. The summed E-state index contributed by atoms with van der Waals surface area (Å²) in [5.74, 6) is 0.463. The summed E-state index contributed by atoms with van der Waals surface area (Å²) in [7, 11) is 0. The van der Waals surface area contributed by atoms with Crippen LogP contribution < -0.4 is 10.6 Å². The van der Waals surface area contributed by atoms with E-state index >= 15 is 0 Å². The highest BCUT2D eigenvalue weighted by molar-refractivity contribution is 5.74. The number of urea groups is 1. The van der Waals surface area contributed by atoms with Gasteiger partial charge in [0.25, 0.3) is 0 Å². The Kier molecular flexibility index (Phi) is 4.62. The molecule has 0 aromatic rings. The van der Waals surface area contributed by atoms with Crippen molar-refractivity contribution in [2.75, 3.05) is 26.4 Å². The number of carbonyl (C=O) groups excluding carboxylic acids is 1. The first-order valence-corrected chi connectivity index (χ1v) is 6.53. The molecule has 98 valence electrons. The number of hydrogen-bond acceptors (Lipinski definition) is 3. The molecule has 0 saturated carbocycles. The number of nitrogens with one attached hydrogen (secondary N) is 2. The number of hydrogen-bond donors (Lipinski definition) is 2. The highest BCUT2D eigenvalue weighted by Crippen LogP contribution is 2.22. The van der Waals surface area contributed by atoms with Gasteiger partial charge in [0, 0.05) is 25.7 Å². The minimum absolute atomic E-state index is 0.0812. The van der Waals surface area contributed by atoms with Gasteiger partial charge in [-0.2, -0.15) is 0 Å². The van der Waals surface area contributed by atoms with Gasteiger partial charge in [-0.05, 0) is 19.3 Å². The molecule has 2 N–H and O–H groups in total. The monoisotopic (exact) mass is 242 g/mol. The fraction of sp³-hybridized carbons (Fsp3) is 0.917. The normalized spacial score (nSPS) is 32.6. The Balaban J connectivity index is 1.65. The van der Waals surface area contributed by atoms with Crippen molar-refractivity contribution in [3.05, 3.63) is 0 Å². The highest BCUT2D eigenvalue weighted by atomic mass is 16.5. The zero-order valence-corrected chi connectivity index (χ0v) is 10.4. The van der Waals surface area contributed by atoms with E-state index in [-0.39, 0.29) is 12.1 Å². The van der Waals surface area contributed by atoms with Crippen molar-refractivity contribution in [2.24, 2.45) is 5.92 Å². The first-order valence-electron chi connectivity index (χ1n) is 6.53. The van der Waals surface area contributed by atoms with Gasteiger partial charge < -0.3 is 20.1 Å². The lowest BCUT2D eigenvalue weighted by atomic mass is 10.00. The van der Waals surface area contributed by atoms with Crippen LogP contribution in [0.4, 0.5) is 4.79 Å². The molecule has 2 rings (SSSR count). The van der Waals surface area contributed by atoms with Crippen molar-refractivity contribution in [2.45, 2.75) is 38.3 Å². The SMILES string of the molecule is CCC1OCCC1CNC(=O)NC1CCOC1. The predicted molar refractivity (Wildman–Crippen MR) is 63.9 cm³/mol. The van der Waals surface area contributed by atoms with E-state index < -0.39 is 0 Å². The Morgan fingerprint density at radius 2 is 2.24 bits per heavy atom. The van der Waals surface area contributed by atoms with Crippen molar-refractivity contribution < 1.29 is 14.3 Å². The van der Waals surface area contributed by atoms with Crippen LogP contribution in [-0.2, 0) is 9.47 Å². The van der Waals surface area contributed by atoms with Crippen LogP contribution in [-0.4, -0.2) is 44.5 Å². The molecule has 0 aliphatic carbocycles. The molecule has 5 nitrogen and oxygen atoms in total. The molecule has 2 saturated heterocycles. The summed E-state index contributed by atoms with van der Waals surface area (Å²) in [4.78, 5) is 11.6. The van der Waals surface area contributed by atoms with Gasteiger partial charge >= 0.3 is 6.03 Å². The first-order chi connectivity index (χ1) is 8.29. The maximum absolute atomic E-state index is 11.6. The summed E-state index contributed by atoms with van der Waals surface area (Å²) in [5, 5.41) is 5.85. The van der Waals surface area contributed by atoms with Crippen molar-refractivity contribution in [1.29, 1.82) is 0 Å². The van der Waals surface area contributed by atoms with E-state index in [1.54, 1.807) is 0 Å². The maximum atomic E-state index is 11.6. The van der Waals surface area contributed by atoms with Gasteiger partial charge in [0.15, 0.2) is 0 Å². The van der Waals surface area contributed by atoms with Crippen molar-refractivity contribution >= 4 is 6.03 Å². The summed E-state index contributed by atoms with van der Waals surface area (Å²) in [6, 6.07) is 0.0963. The quantitative estimate of drug-likeness (QED) is 0.769. The van der Waals surface area contributed by atoms with E-state index in [0.29, 0.717) is 25.2 Å². The molecular weight excluding hydrogens is 220 g/mol. The molecule has 2 amide bonds. The summed E-state index contributed by atoms with van der Waals surface area (Å²) in [5.41, 5.74) is 0. The molecule has 0 aromatic heterocycles. The number of ether oxygens (including phenoxy) is 2. The van der Waals surface area contributed by atoms with Gasteiger partial charge in [0.05, 0.1) is 18.8 Å². The molecule has 0 radical (unpaired) electrons. The third-order valence-electron chi connectivity index (χ3n) is 3.54. The molecule has 17 heavy (non-hydrogen) atoms. The molecule has 5 heteroatoms. The number of rotatable bonds is 4. The van der Waals surface area contributed by atoms with Gasteiger partial charge in [-0.3, -0.25) is 0 Å². The highest BCUT2D eigenvalue weighted by Gasteiger charge is 2.27. The fourth-order valence-electron chi connectivity index (χ4n) is 2.49. The van der Waals surface area contributed by atoms with Crippen LogP contribution in [0, 0.1) is 5.92 Å². The van der Waals surface area contributed by atoms with Crippen LogP contribution in [0.2, 0.25) is 0 Å². The smallest absolute Gasteiger partial charge is 0.315 e. The van der Waals surface area contributed by atoms with E-state index in [2.05, 4.69) is 17.6 Å². The van der Waals surface area contributed by atoms with Gasteiger partial charge in [0.1, 0.15) is 0 Å². The summed E-state index contributed by atoms with van der Waals surface area (Å²) >= 11 is 0. The van der Waals surface area contributed by atoms with Gasteiger partial charge in [0.2, 0.25) is 0 Å². The lowest BCUT2D eigenvalue weighted by Crippen LogP contribution is -2.44. The minimum Gasteiger partial charge on any atom is -0.379 e. The zero-order valence-electron chi connectivity index (χ0n) is 10.4. The lowest BCUT2D eigenvalue weighted by molar-refractivity contribution is 0.0877. The summed E-state index contributed by atoms with van der Waals surface area (Å²) in [6.07, 6.45) is 3.29. The van der Waals surface area contributed by atoms with E-state index in [1.165, 1.54) is 0 Å². The van der Waals surface area contributed by atoms with Crippen LogP contribution in [0.3, 0.4) is 0 Å². The standard InChI is InChI=1S/C12H22N2O3/c1-2-11-9(3-6-17-11)7-13-12(15)14-10-4-5-16-8-10/h9-11H,2-8H2,1H3,(H2,13,14,15). The maximum Gasteiger partial charge on any atom is 0.315 e. The van der Waals surface area contributed by atoms with Crippen molar-refractivity contribution in [1.82, 2.24) is 10.6 Å². The van der Waals surface area contributed by atoms with Crippen molar-refractivity contribution in [3.63, 3.8) is 0 Å². The largest absolute Gasteiger partial charge is 0.379 e. The number of carbonyl (C=O) groups is 1. The third-order valence-corrected chi connectivity index (χ3v) is 3.54.